The fraction of sp³-hybridized carbons (Fsp3) is 0.625. The molecule has 0 saturated carbocycles. The van der Waals surface area contributed by atoms with Crippen LogP contribution in [0.5, 0.6) is 0 Å². The summed E-state index contributed by atoms with van der Waals surface area (Å²) in [6.07, 6.45) is 2.65. The summed E-state index contributed by atoms with van der Waals surface area (Å²) in [5, 5.41) is 0. The van der Waals surface area contributed by atoms with Gasteiger partial charge in [0.05, 0.1) is 6.04 Å². The summed E-state index contributed by atoms with van der Waals surface area (Å²) in [6, 6.07) is 2.75. The SMILES string of the molecule is C[C@@H]1CN(C(=O)OC(C)(C)C)C[C@H]2Cc3cc(I)cnc3N21. The molecule has 2 aliphatic rings. The maximum atomic E-state index is 12.3. The maximum absolute atomic E-state index is 12.3. The summed E-state index contributed by atoms with van der Waals surface area (Å²) in [5.74, 6) is 1.08. The van der Waals surface area contributed by atoms with Crippen LogP contribution in [0.25, 0.3) is 0 Å². The van der Waals surface area contributed by atoms with E-state index in [0.717, 1.165) is 15.8 Å². The molecule has 2 aliphatic heterocycles. The number of amides is 1. The van der Waals surface area contributed by atoms with Crippen LogP contribution in [-0.4, -0.2) is 46.8 Å². The minimum atomic E-state index is -0.451. The predicted octanol–water partition coefficient (Wildman–Crippen LogP) is 3.06. The van der Waals surface area contributed by atoms with Crippen molar-refractivity contribution in [3.8, 4) is 0 Å². The van der Waals surface area contributed by atoms with Gasteiger partial charge in [0.25, 0.3) is 0 Å². The molecule has 2 atom stereocenters. The van der Waals surface area contributed by atoms with Gasteiger partial charge in [0.2, 0.25) is 0 Å². The molecule has 0 bridgehead atoms. The first-order valence-electron chi connectivity index (χ1n) is 7.65. The van der Waals surface area contributed by atoms with Crippen LogP contribution in [0.2, 0.25) is 0 Å². The quantitative estimate of drug-likeness (QED) is 0.612. The molecule has 22 heavy (non-hydrogen) atoms. The van der Waals surface area contributed by atoms with Crippen LogP contribution in [0.1, 0.15) is 33.3 Å². The van der Waals surface area contributed by atoms with Crippen molar-refractivity contribution >= 4 is 34.5 Å². The normalized spacial score (nSPS) is 24.0. The van der Waals surface area contributed by atoms with Gasteiger partial charge in [-0.2, -0.15) is 0 Å². The van der Waals surface area contributed by atoms with Crippen molar-refractivity contribution in [2.45, 2.75) is 51.8 Å². The summed E-state index contributed by atoms with van der Waals surface area (Å²) in [5.41, 5.74) is 0.836. The van der Waals surface area contributed by atoms with Crippen molar-refractivity contribution in [1.29, 1.82) is 0 Å². The maximum Gasteiger partial charge on any atom is 0.410 e. The third-order valence-electron chi connectivity index (χ3n) is 4.05. The Kier molecular flexibility index (Phi) is 3.99. The molecule has 120 valence electrons. The van der Waals surface area contributed by atoms with Gasteiger partial charge in [-0.05, 0) is 68.3 Å². The number of anilines is 1. The zero-order valence-electron chi connectivity index (χ0n) is 13.5. The molecule has 0 aromatic carbocycles. The fourth-order valence-electron chi connectivity index (χ4n) is 3.31. The number of nitrogens with zero attached hydrogens (tertiary/aromatic N) is 3. The molecular formula is C16H22IN3O2. The molecule has 0 radical (unpaired) electrons. The average Bonchev–Trinajstić information content (AvgIpc) is 2.74. The van der Waals surface area contributed by atoms with Crippen molar-refractivity contribution in [2.75, 3.05) is 18.0 Å². The Morgan fingerprint density at radius 1 is 1.41 bits per heavy atom. The Balaban J connectivity index is 1.77. The number of fused-ring (bicyclic) bond motifs is 3. The zero-order chi connectivity index (χ0) is 16.1. The van der Waals surface area contributed by atoms with Gasteiger partial charge in [0.15, 0.2) is 0 Å². The Morgan fingerprint density at radius 2 is 2.14 bits per heavy atom. The number of halogens is 1. The Morgan fingerprint density at radius 3 is 2.82 bits per heavy atom. The highest BCUT2D eigenvalue weighted by Crippen LogP contribution is 2.35. The van der Waals surface area contributed by atoms with Gasteiger partial charge in [-0.15, -0.1) is 0 Å². The number of carbonyl (C=O) groups is 1. The largest absolute Gasteiger partial charge is 0.444 e. The summed E-state index contributed by atoms with van der Waals surface area (Å²) in [4.78, 5) is 21.2. The molecule has 0 unspecified atom stereocenters. The molecule has 0 spiro atoms. The topological polar surface area (TPSA) is 45.7 Å². The van der Waals surface area contributed by atoms with Crippen molar-refractivity contribution in [1.82, 2.24) is 9.88 Å². The van der Waals surface area contributed by atoms with E-state index in [2.05, 4.69) is 45.5 Å². The third-order valence-corrected chi connectivity index (χ3v) is 4.64. The molecule has 1 saturated heterocycles. The van der Waals surface area contributed by atoms with E-state index in [-0.39, 0.29) is 12.1 Å². The van der Waals surface area contributed by atoms with E-state index in [1.54, 1.807) is 0 Å². The highest BCUT2D eigenvalue weighted by molar-refractivity contribution is 14.1. The highest BCUT2D eigenvalue weighted by atomic mass is 127. The number of carbonyl (C=O) groups excluding carboxylic acids is 1. The monoisotopic (exact) mass is 415 g/mol. The van der Waals surface area contributed by atoms with Gasteiger partial charge < -0.3 is 14.5 Å². The first-order valence-corrected chi connectivity index (χ1v) is 8.73. The molecule has 0 N–H and O–H groups in total. The van der Waals surface area contributed by atoms with E-state index in [4.69, 9.17) is 4.74 Å². The third kappa shape index (κ3) is 3.02. The second-order valence-corrected chi connectivity index (χ2v) is 8.38. The van der Waals surface area contributed by atoms with Crippen LogP contribution < -0.4 is 4.90 Å². The van der Waals surface area contributed by atoms with E-state index < -0.39 is 5.60 Å². The summed E-state index contributed by atoms with van der Waals surface area (Å²) in [6.45, 7) is 9.24. The molecule has 1 amide bonds. The Bertz CT molecular complexity index is 600. The van der Waals surface area contributed by atoms with Gasteiger partial charge in [0, 0.05) is 28.9 Å². The summed E-state index contributed by atoms with van der Waals surface area (Å²) < 4.78 is 6.68. The molecule has 6 heteroatoms. The number of pyridine rings is 1. The molecule has 3 rings (SSSR count). The smallest absolute Gasteiger partial charge is 0.410 e. The second kappa shape index (κ2) is 5.54. The molecule has 0 aliphatic carbocycles. The predicted molar refractivity (Wildman–Crippen MR) is 94.2 cm³/mol. The Hall–Kier alpha value is -1.05. The molecule has 1 fully saturated rings. The fourth-order valence-corrected chi connectivity index (χ4v) is 3.83. The zero-order valence-corrected chi connectivity index (χ0v) is 15.6. The van der Waals surface area contributed by atoms with Gasteiger partial charge in [-0.25, -0.2) is 9.78 Å². The van der Waals surface area contributed by atoms with E-state index in [1.807, 2.05) is 31.9 Å². The van der Waals surface area contributed by atoms with E-state index in [9.17, 15) is 4.79 Å². The first kappa shape index (κ1) is 15.8. The summed E-state index contributed by atoms with van der Waals surface area (Å²) in [7, 11) is 0. The van der Waals surface area contributed by atoms with E-state index in [1.165, 1.54) is 5.56 Å². The Labute approximate surface area is 145 Å². The van der Waals surface area contributed by atoms with Crippen LogP contribution >= 0.6 is 22.6 Å². The lowest BCUT2D eigenvalue weighted by molar-refractivity contribution is 0.0191. The molecule has 1 aromatic heterocycles. The van der Waals surface area contributed by atoms with Gasteiger partial charge in [-0.1, -0.05) is 0 Å². The highest BCUT2D eigenvalue weighted by Gasteiger charge is 2.41. The number of rotatable bonds is 0. The minimum absolute atomic E-state index is 0.211. The number of piperazine rings is 1. The van der Waals surface area contributed by atoms with E-state index in [0.29, 0.717) is 19.1 Å². The molecular weight excluding hydrogens is 393 g/mol. The van der Waals surface area contributed by atoms with Crippen molar-refractivity contribution in [3.05, 3.63) is 21.4 Å². The lowest BCUT2D eigenvalue weighted by atomic mass is 10.1. The standard InChI is InChI=1S/C16H22IN3O2/c1-10-8-19(15(21)22-16(2,3)4)9-13-6-11-5-12(17)7-18-14(11)20(10)13/h5,7,10,13H,6,8-9H2,1-4H3/t10-,13-/m1/s1. The van der Waals surface area contributed by atoms with Gasteiger partial charge in [-0.3, -0.25) is 0 Å². The van der Waals surface area contributed by atoms with Crippen molar-refractivity contribution in [3.63, 3.8) is 0 Å². The molecule has 5 nitrogen and oxygen atoms in total. The molecule has 1 aromatic rings. The number of hydrogen-bond donors (Lipinski definition) is 0. The lowest BCUT2D eigenvalue weighted by Crippen LogP contribution is -2.58. The van der Waals surface area contributed by atoms with Crippen LogP contribution in [-0.2, 0) is 11.2 Å². The van der Waals surface area contributed by atoms with E-state index >= 15 is 0 Å². The number of aromatic nitrogens is 1. The summed E-state index contributed by atoms with van der Waals surface area (Å²) >= 11 is 2.30. The van der Waals surface area contributed by atoms with Gasteiger partial charge in [0.1, 0.15) is 11.4 Å². The van der Waals surface area contributed by atoms with Crippen molar-refractivity contribution in [2.24, 2.45) is 0 Å². The van der Waals surface area contributed by atoms with Crippen LogP contribution in [0.3, 0.4) is 0 Å². The minimum Gasteiger partial charge on any atom is -0.444 e. The number of hydrogen-bond acceptors (Lipinski definition) is 4. The number of ether oxygens (including phenoxy) is 1. The van der Waals surface area contributed by atoms with Gasteiger partial charge >= 0.3 is 6.09 Å². The molecule has 3 heterocycles. The van der Waals surface area contributed by atoms with Crippen molar-refractivity contribution < 1.29 is 9.53 Å². The van der Waals surface area contributed by atoms with Crippen LogP contribution in [0.4, 0.5) is 10.6 Å². The second-order valence-electron chi connectivity index (χ2n) is 7.14. The average molecular weight is 415 g/mol. The van der Waals surface area contributed by atoms with Crippen LogP contribution in [0.15, 0.2) is 12.3 Å². The lowest BCUT2D eigenvalue weighted by Gasteiger charge is -2.43. The van der Waals surface area contributed by atoms with Crippen LogP contribution in [0, 0.1) is 3.57 Å². The first-order chi connectivity index (χ1) is 10.2.